The molecule has 0 saturated carbocycles. The molecule has 0 atom stereocenters. The van der Waals surface area contributed by atoms with E-state index < -0.39 is 0 Å². The molecule has 0 aliphatic carbocycles. The van der Waals surface area contributed by atoms with Gasteiger partial charge in [-0.15, -0.1) is 11.8 Å². The number of nitrogens with one attached hydrogen (secondary N) is 1. The second-order valence-corrected chi connectivity index (χ2v) is 5.55. The third kappa shape index (κ3) is 6.71. The molecule has 17 heavy (non-hydrogen) atoms. The molecule has 0 saturated heterocycles. The molecule has 96 valence electrons. The molecule has 0 aliphatic rings. The first kappa shape index (κ1) is 14.6. The number of hydrogen-bond acceptors (Lipinski definition) is 3. The Labute approximate surface area is 109 Å². The molecule has 0 spiro atoms. The highest BCUT2D eigenvalue weighted by Crippen LogP contribution is 2.19. The van der Waals surface area contributed by atoms with Crippen LogP contribution < -0.4 is 5.32 Å². The van der Waals surface area contributed by atoms with Gasteiger partial charge in [-0.05, 0) is 24.1 Å². The maximum absolute atomic E-state index is 5.05. The van der Waals surface area contributed by atoms with E-state index in [9.17, 15) is 0 Å². The van der Waals surface area contributed by atoms with Crippen LogP contribution in [-0.4, -0.2) is 25.5 Å². The summed E-state index contributed by atoms with van der Waals surface area (Å²) in [6.07, 6.45) is 1.11. The van der Waals surface area contributed by atoms with Gasteiger partial charge in [0.25, 0.3) is 0 Å². The fraction of sp³-hybridized carbons (Fsp3) is 0.571. The maximum Gasteiger partial charge on any atom is 0.0470 e. The lowest BCUT2D eigenvalue weighted by Crippen LogP contribution is -2.21. The molecule has 2 nitrogen and oxygen atoms in total. The lowest BCUT2D eigenvalue weighted by atomic mass is 10.2. The third-order valence-corrected chi connectivity index (χ3v) is 3.45. The van der Waals surface area contributed by atoms with Crippen molar-refractivity contribution in [2.24, 2.45) is 0 Å². The maximum atomic E-state index is 5.05. The summed E-state index contributed by atoms with van der Waals surface area (Å²) in [5.41, 5.74) is 1.36. The molecular formula is C14H23NOS. The SMILES string of the molecule is COCCCSc1cccc(CNC(C)C)c1. The molecule has 0 unspecified atom stereocenters. The summed E-state index contributed by atoms with van der Waals surface area (Å²) in [6, 6.07) is 9.29. The van der Waals surface area contributed by atoms with Gasteiger partial charge in [0.1, 0.15) is 0 Å². The van der Waals surface area contributed by atoms with Gasteiger partial charge >= 0.3 is 0 Å². The molecule has 0 radical (unpaired) electrons. The zero-order valence-electron chi connectivity index (χ0n) is 11.0. The van der Waals surface area contributed by atoms with E-state index in [4.69, 9.17) is 4.74 Å². The minimum atomic E-state index is 0.535. The van der Waals surface area contributed by atoms with E-state index in [-0.39, 0.29) is 0 Å². The van der Waals surface area contributed by atoms with Crippen molar-refractivity contribution in [3.05, 3.63) is 29.8 Å². The Morgan fingerprint density at radius 3 is 2.88 bits per heavy atom. The van der Waals surface area contributed by atoms with Gasteiger partial charge in [-0.3, -0.25) is 0 Å². The van der Waals surface area contributed by atoms with Crippen LogP contribution in [0.15, 0.2) is 29.2 Å². The number of hydrogen-bond donors (Lipinski definition) is 1. The van der Waals surface area contributed by atoms with E-state index in [1.807, 2.05) is 11.8 Å². The lowest BCUT2D eigenvalue weighted by Gasteiger charge is -2.09. The van der Waals surface area contributed by atoms with E-state index >= 15 is 0 Å². The standard InChI is InChI=1S/C14H23NOS/c1-12(2)15-11-13-6-4-7-14(10-13)17-9-5-8-16-3/h4,6-7,10,12,15H,5,8-9,11H2,1-3H3. The number of benzene rings is 1. The van der Waals surface area contributed by atoms with Crippen molar-refractivity contribution in [2.75, 3.05) is 19.5 Å². The van der Waals surface area contributed by atoms with E-state index in [0.717, 1.165) is 25.3 Å². The van der Waals surface area contributed by atoms with Crippen LogP contribution in [-0.2, 0) is 11.3 Å². The largest absolute Gasteiger partial charge is 0.385 e. The van der Waals surface area contributed by atoms with E-state index in [0.29, 0.717) is 6.04 Å². The van der Waals surface area contributed by atoms with Crippen molar-refractivity contribution < 1.29 is 4.74 Å². The van der Waals surface area contributed by atoms with Crippen LogP contribution in [0, 0.1) is 0 Å². The first-order valence-corrected chi connectivity index (χ1v) is 7.15. The Kier molecular flexibility index (Phi) is 7.33. The molecular weight excluding hydrogens is 230 g/mol. The molecule has 0 heterocycles. The summed E-state index contributed by atoms with van der Waals surface area (Å²) in [6.45, 7) is 6.14. The van der Waals surface area contributed by atoms with Crippen molar-refractivity contribution >= 4 is 11.8 Å². The monoisotopic (exact) mass is 253 g/mol. The molecule has 0 aromatic heterocycles. The Morgan fingerprint density at radius 1 is 1.35 bits per heavy atom. The van der Waals surface area contributed by atoms with Gasteiger partial charge in [-0.1, -0.05) is 26.0 Å². The predicted octanol–water partition coefficient (Wildman–Crippen LogP) is 3.31. The molecule has 1 N–H and O–H groups in total. The Balaban J connectivity index is 2.37. The van der Waals surface area contributed by atoms with Crippen molar-refractivity contribution in [3.63, 3.8) is 0 Å². The highest BCUT2D eigenvalue weighted by Gasteiger charge is 1.98. The highest BCUT2D eigenvalue weighted by atomic mass is 32.2. The average molecular weight is 253 g/mol. The molecule has 0 amide bonds. The summed E-state index contributed by atoms with van der Waals surface area (Å²) in [5, 5.41) is 3.44. The van der Waals surface area contributed by atoms with Gasteiger partial charge in [0.2, 0.25) is 0 Å². The van der Waals surface area contributed by atoms with Gasteiger partial charge in [-0.25, -0.2) is 0 Å². The summed E-state index contributed by atoms with van der Waals surface area (Å²) in [5.74, 6) is 1.12. The second kappa shape index (κ2) is 8.56. The highest BCUT2D eigenvalue weighted by molar-refractivity contribution is 7.99. The molecule has 0 bridgehead atoms. The zero-order valence-corrected chi connectivity index (χ0v) is 11.8. The van der Waals surface area contributed by atoms with Crippen LogP contribution in [0.1, 0.15) is 25.8 Å². The molecule has 1 rings (SSSR count). The second-order valence-electron chi connectivity index (χ2n) is 4.38. The van der Waals surface area contributed by atoms with Crippen LogP contribution in [0.5, 0.6) is 0 Å². The summed E-state index contributed by atoms with van der Waals surface area (Å²) < 4.78 is 5.05. The summed E-state index contributed by atoms with van der Waals surface area (Å²) in [7, 11) is 1.75. The van der Waals surface area contributed by atoms with Gasteiger partial charge in [0.15, 0.2) is 0 Å². The van der Waals surface area contributed by atoms with E-state index in [1.165, 1.54) is 10.5 Å². The first-order chi connectivity index (χ1) is 8.22. The van der Waals surface area contributed by atoms with E-state index in [2.05, 4.69) is 43.4 Å². The fourth-order valence-electron chi connectivity index (χ4n) is 1.46. The minimum absolute atomic E-state index is 0.535. The number of thioether (sulfide) groups is 1. The minimum Gasteiger partial charge on any atom is -0.385 e. The van der Waals surface area contributed by atoms with Crippen LogP contribution in [0.2, 0.25) is 0 Å². The average Bonchev–Trinajstić information content (AvgIpc) is 2.33. The van der Waals surface area contributed by atoms with Crippen molar-refractivity contribution in [1.82, 2.24) is 5.32 Å². The number of ether oxygens (including phenoxy) is 1. The van der Waals surface area contributed by atoms with Crippen LogP contribution in [0.25, 0.3) is 0 Å². The third-order valence-electron chi connectivity index (χ3n) is 2.37. The molecule has 0 fully saturated rings. The number of methoxy groups -OCH3 is 1. The number of rotatable bonds is 8. The molecule has 0 aliphatic heterocycles. The summed E-state index contributed by atoms with van der Waals surface area (Å²) in [4.78, 5) is 1.35. The van der Waals surface area contributed by atoms with Crippen LogP contribution in [0.3, 0.4) is 0 Å². The van der Waals surface area contributed by atoms with Gasteiger partial charge in [0.05, 0.1) is 0 Å². The Bertz CT molecular complexity index is 315. The fourth-order valence-corrected chi connectivity index (χ4v) is 2.37. The van der Waals surface area contributed by atoms with Gasteiger partial charge in [-0.2, -0.15) is 0 Å². The van der Waals surface area contributed by atoms with Crippen LogP contribution in [0.4, 0.5) is 0 Å². The predicted molar refractivity (Wildman–Crippen MR) is 75.6 cm³/mol. The molecule has 1 aromatic carbocycles. The zero-order chi connectivity index (χ0) is 12.5. The van der Waals surface area contributed by atoms with E-state index in [1.54, 1.807) is 7.11 Å². The smallest absolute Gasteiger partial charge is 0.0470 e. The Morgan fingerprint density at radius 2 is 2.18 bits per heavy atom. The Hall–Kier alpha value is -0.510. The summed E-state index contributed by atoms with van der Waals surface area (Å²) >= 11 is 1.90. The van der Waals surface area contributed by atoms with Crippen molar-refractivity contribution in [1.29, 1.82) is 0 Å². The van der Waals surface area contributed by atoms with Gasteiger partial charge < -0.3 is 10.1 Å². The lowest BCUT2D eigenvalue weighted by molar-refractivity contribution is 0.200. The molecule has 1 aromatic rings. The quantitative estimate of drug-likeness (QED) is 0.567. The molecule has 3 heteroatoms. The van der Waals surface area contributed by atoms with Crippen LogP contribution >= 0.6 is 11.8 Å². The topological polar surface area (TPSA) is 21.3 Å². The van der Waals surface area contributed by atoms with Gasteiger partial charge in [0, 0.05) is 37.0 Å². The normalized spacial score (nSPS) is 11.1. The van der Waals surface area contributed by atoms with Crippen molar-refractivity contribution in [2.45, 2.75) is 37.8 Å². The van der Waals surface area contributed by atoms with Crippen molar-refractivity contribution in [3.8, 4) is 0 Å². The first-order valence-electron chi connectivity index (χ1n) is 6.16.